The fraction of sp³-hybridized carbons (Fsp3) is 0.625. The van der Waals surface area contributed by atoms with Crippen LogP contribution in [0, 0.1) is 0 Å². The number of hydrogen-bond acceptors (Lipinski definition) is 1. The summed E-state index contributed by atoms with van der Waals surface area (Å²) >= 11 is 0. The van der Waals surface area contributed by atoms with Crippen LogP contribution in [0.15, 0.2) is 24.3 Å². The first-order valence-corrected chi connectivity index (χ1v) is 7.24. The molecule has 0 saturated heterocycles. The molecule has 2 aliphatic carbocycles. The molecule has 2 aliphatic rings. The lowest BCUT2D eigenvalue weighted by molar-refractivity contribution is 0.620. The van der Waals surface area contributed by atoms with E-state index in [1.165, 1.54) is 57.1 Å². The van der Waals surface area contributed by atoms with Crippen LogP contribution in [0.2, 0.25) is 0 Å². The second-order valence-corrected chi connectivity index (χ2v) is 5.70. The van der Waals surface area contributed by atoms with Gasteiger partial charge in [0.25, 0.3) is 0 Å². The monoisotopic (exact) mass is 229 g/mol. The van der Waals surface area contributed by atoms with Gasteiger partial charge in [0.2, 0.25) is 0 Å². The molecule has 0 unspecified atom stereocenters. The van der Waals surface area contributed by atoms with Crippen LogP contribution >= 0.6 is 0 Å². The molecule has 1 aromatic carbocycles. The molecular weight excluding hydrogens is 206 g/mol. The van der Waals surface area contributed by atoms with Gasteiger partial charge < -0.3 is 5.32 Å². The molecule has 1 N–H and O–H groups in total. The van der Waals surface area contributed by atoms with Crippen molar-refractivity contribution < 1.29 is 0 Å². The summed E-state index contributed by atoms with van der Waals surface area (Å²) in [4.78, 5) is 0. The van der Waals surface area contributed by atoms with E-state index in [0.717, 1.165) is 12.0 Å². The minimum atomic E-state index is 0.868. The van der Waals surface area contributed by atoms with Crippen LogP contribution in [-0.2, 0) is 6.42 Å². The van der Waals surface area contributed by atoms with Crippen LogP contribution in [0.1, 0.15) is 55.6 Å². The zero-order valence-electron chi connectivity index (χ0n) is 10.6. The van der Waals surface area contributed by atoms with Gasteiger partial charge in [-0.2, -0.15) is 0 Å². The van der Waals surface area contributed by atoms with E-state index in [1.807, 2.05) is 0 Å². The fourth-order valence-corrected chi connectivity index (χ4v) is 2.42. The first-order chi connectivity index (χ1) is 8.42. The molecule has 0 amide bonds. The van der Waals surface area contributed by atoms with Crippen LogP contribution in [0.3, 0.4) is 0 Å². The highest BCUT2D eigenvalue weighted by Crippen LogP contribution is 2.39. The van der Waals surface area contributed by atoms with Crippen molar-refractivity contribution in [3.63, 3.8) is 0 Å². The summed E-state index contributed by atoms with van der Waals surface area (Å²) in [5, 5.41) is 3.58. The van der Waals surface area contributed by atoms with Crippen molar-refractivity contribution in [2.24, 2.45) is 0 Å². The first kappa shape index (κ1) is 11.3. The number of unbranched alkanes of at least 4 members (excludes halogenated alkanes) is 1. The maximum Gasteiger partial charge on any atom is 0.00682 e. The Labute approximate surface area is 105 Å². The van der Waals surface area contributed by atoms with Gasteiger partial charge >= 0.3 is 0 Å². The maximum absolute atomic E-state index is 3.58. The number of rotatable bonds is 7. The van der Waals surface area contributed by atoms with Gasteiger partial charge in [0.05, 0.1) is 0 Å². The Morgan fingerprint density at radius 2 is 1.71 bits per heavy atom. The minimum absolute atomic E-state index is 0.868. The maximum atomic E-state index is 3.58. The molecule has 1 nitrogen and oxygen atoms in total. The van der Waals surface area contributed by atoms with E-state index in [4.69, 9.17) is 0 Å². The van der Waals surface area contributed by atoms with Crippen LogP contribution in [0.25, 0.3) is 0 Å². The normalized spacial score (nSPS) is 19.5. The Hall–Kier alpha value is -0.820. The Bertz CT molecular complexity index is 346. The number of hydrogen-bond donors (Lipinski definition) is 1. The molecule has 1 heteroatoms. The summed E-state index contributed by atoms with van der Waals surface area (Å²) in [7, 11) is 0. The molecule has 0 atom stereocenters. The smallest absolute Gasteiger partial charge is 0.00682 e. The van der Waals surface area contributed by atoms with Gasteiger partial charge in [-0.3, -0.25) is 0 Å². The van der Waals surface area contributed by atoms with Gasteiger partial charge in [0.15, 0.2) is 0 Å². The molecule has 0 radical (unpaired) electrons. The van der Waals surface area contributed by atoms with Crippen LogP contribution < -0.4 is 5.32 Å². The molecule has 0 aromatic heterocycles. The van der Waals surface area contributed by atoms with Crippen LogP contribution in [0.5, 0.6) is 0 Å². The summed E-state index contributed by atoms with van der Waals surface area (Å²) in [5.41, 5.74) is 3.07. The first-order valence-electron chi connectivity index (χ1n) is 7.24. The fourth-order valence-electron chi connectivity index (χ4n) is 2.42. The van der Waals surface area contributed by atoms with E-state index < -0.39 is 0 Å². The van der Waals surface area contributed by atoms with Gasteiger partial charge in [-0.25, -0.2) is 0 Å². The molecule has 92 valence electrons. The van der Waals surface area contributed by atoms with Crippen molar-refractivity contribution in [2.45, 2.75) is 56.9 Å². The van der Waals surface area contributed by atoms with Gasteiger partial charge in [0.1, 0.15) is 0 Å². The van der Waals surface area contributed by atoms with Gasteiger partial charge in [-0.05, 0) is 68.5 Å². The van der Waals surface area contributed by atoms with Gasteiger partial charge in [-0.15, -0.1) is 0 Å². The zero-order chi connectivity index (χ0) is 11.5. The van der Waals surface area contributed by atoms with Crippen molar-refractivity contribution in [1.82, 2.24) is 5.32 Å². The van der Waals surface area contributed by atoms with Crippen molar-refractivity contribution in [3.05, 3.63) is 35.4 Å². The Kier molecular flexibility index (Phi) is 3.46. The highest BCUT2D eigenvalue weighted by Gasteiger charge is 2.22. The number of aryl methyl sites for hydroxylation is 1. The molecule has 3 rings (SSSR count). The lowest BCUT2D eigenvalue weighted by atomic mass is 10.0. The standard InChI is InChI=1S/C16H23N/c1(2-12-17-16-10-11-16)3-13-4-6-14(7-5-13)15-8-9-15/h4-7,15-17H,1-3,8-12H2. The molecule has 0 aliphatic heterocycles. The van der Waals surface area contributed by atoms with Crippen LogP contribution in [-0.4, -0.2) is 12.6 Å². The van der Waals surface area contributed by atoms with Gasteiger partial charge in [0, 0.05) is 6.04 Å². The summed E-state index contributed by atoms with van der Waals surface area (Å²) in [6.07, 6.45) is 9.52. The highest BCUT2D eigenvalue weighted by atomic mass is 14.9. The molecule has 0 spiro atoms. The summed E-state index contributed by atoms with van der Waals surface area (Å²) < 4.78 is 0. The average molecular weight is 229 g/mol. The minimum Gasteiger partial charge on any atom is -0.314 e. The Balaban J connectivity index is 1.35. The predicted molar refractivity (Wildman–Crippen MR) is 72.4 cm³/mol. The van der Waals surface area contributed by atoms with Crippen LogP contribution in [0.4, 0.5) is 0 Å². The van der Waals surface area contributed by atoms with E-state index in [1.54, 1.807) is 5.56 Å². The Morgan fingerprint density at radius 1 is 0.941 bits per heavy atom. The molecule has 2 fully saturated rings. The lowest BCUT2D eigenvalue weighted by Gasteiger charge is -2.04. The van der Waals surface area contributed by atoms with Gasteiger partial charge in [-0.1, -0.05) is 24.3 Å². The molecule has 17 heavy (non-hydrogen) atoms. The number of nitrogens with one attached hydrogen (secondary N) is 1. The van der Waals surface area contributed by atoms with Crippen molar-refractivity contribution in [1.29, 1.82) is 0 Å². The average Bonchev–Trinajstić information content (AvgIpc) is 3.23. The zero-order valence-corrected chi connectivity index (χ0v) is 10.6. The predicted octanol–water partition coefficient (Wildman–Crippen LogP) is 3.64. The van der Waals surface area contributed by atoms with E-state index in [0.29, 0.717) is 0 Å². The summed E-state index contributed by atoms with van der Waals surface area (Å²) in [6.45, 7) is 1.21. The molecule has 1 aromatic rings. The second-order valence-electron chi connectivity index (χ2n) is 5.70. The number of benzene rings is 1. The molecule has 0 heterocycles. The third-order valence-corrected chi connectivity index (χ3v) is 3.93. The Morgan fingerprint density at radius 3 is 2.35 bits per heavy atom. The third-order valence-electron chi connectivity index (χ3n) is 3.93. The second kappa shape index (κ2) is 5.22. The van der Waals surface area contributed by atoms with Crippen molar-refractivity contribution >= 4 is 0 Å². The van der Waals surface area contributed by atoms with E-state index >= 15 is 0 Å². The lowest BCUT2D eigenvalue weighted by Crippen LogP contribution is -2.17. The van der Waals surface area contributed by atoms with Crippen molar-refractivity contribution in [3.8, 4) is 0 Å². The van der Waals surface area contributed by atoms with E-state index in [2.05, 4.69) is 29.6 Å². The molecule has 2 saturated carbocycles. The van der Waals surface area contributed by atoms with E-state index in [-0.39, 0.29) is 0 Å². The third kappa shape index (κ3) is 3.57. The molecule has 0 bridgehead atoms. The SMILES string of the molecule is c1cc(C2CC2)ccc1CCCCNC1CC1. The van der Waals surface area contributed by atoms with E-state index in [9.17, 15) is 0 Å². The topological polar surface area (TPSA) is 12.0 Å². The quantitative estimate of drug-likeness (QED) is 0.704. The highest BCUT2D eigenvalue weighted by molar-refractivity contribution is 5.28. The summed E-state index contributed by atoms with van der Waals surface area (Å²) in [6, 6.07) is 10.2. The summed E-state index contributed by atoms with van der Waals surface area (Å²) in [5.74, 6) is 0.895. The van der Waals surface area contributed by atoms with Crippen molar-refractivity contribution in [2.75, 3.05) is 6.54 Å². The molecular formula is C16H23N. The largest absolute Gasteiger partial charge is 0.314 e.